The number of rotatable bonds is 3. The molecule has 0 aromatic carbocycles. The molecule has 0 saturated carbocycles. The van der Waals surface area contributed by atoms with Gasteiger partial charge >= 0.3 is 0 Å². The standard InChI is InChI=1S/C19H24N4O2/c1-14-12-16(21-25-14)17-7-5-11-23(17)19(24)15-6-4-10-22(13-15)18-8-2-3-9-20-18/h2-3,8-9,12,15,17H,4-7,10-11,13H2,1H3/t15-,17+/m0/s1. The highest BCUT2D eigenvalue weighted by Gasteiger charge is 2.37. The molecule has 2 fully saturated rings. The second-order valence-electron chi connectivity index (χ2n) is 7.03. The maximum absolute atomic E-state index is 13.2. The van der Waals surface area contributed by atoms with Gasteiger partial charge in [0.2, 0.25) is 5.91 Å². The van der Waals surface area contributed by atoms with Crippen LogP contribution in [0.25, 0.3) is 0 Å². The molecule has 0 unspecified atom stereocenters. The second-order valence-corrected chi connectivity index (χ2v) is 7.03. The first-order valence-electron chi connectivity index (χ1n) is 9.12. The Kier molecular flexibility index (Phi) is 4.42. The van der Waals surface area contributed by atoms with Gasteiger partial charge in [0, 0.05) is 31.9 Å². The SMILES string of the molecule is Cc1cc([C@H]2CCCN2C(=O)[C@H]2CCCN(c3ccccn3)C2)no1. The van der Waals surface area contributed by atoms with Gasteiger partial charge in [-0.2, -0.15) is 0 Å². The average Bonchev–Trinajstić information content (AvgIpc) is 3.30. The van der Waals surface area contributed by atoms with E-state index in [1.54, 1.807) is 0 Å². The number of likely N-dealkylation sites (tertiary alicyclic amines) is 1. The first-order chi connectivity index (χ1) is 12.2. The summed E-state index contributed by atoms with van der Waals surface area (Å²) >= 11 is 0. The first-order valence-corrected chi connectivity index (χ1v) is 9.12. The normalized spacial score (nSPS) is 23.9. The minimum atomic E-state index is 0.0318. The number of hydrogen-bond acceptors (Lipinski definition) is 5. The topological polar surface area (TPSA) is 62.5 Å². The van der Waals surface area contributed by atoms with Crippen LogP contribution in [0.1, 0.15) is 43.2 Å². The van der Waals surface area contributed by atoms with Crippen LogP contribution in [0.15, 0.2) is 35.0 Å². The lowest BCUT2D eigenvalue weighted by molar-refractivity contribution is -0.136. The maximum Gasteiger partial charge on any atom is 0.228 e. The van der Waals surface area contributed by atoms with E-state index < -0.39 is 0 Å². The van der Waals surface area contributed by atoms with Crippen molar-refractivity contribution in [2.45, 2.75) is 38.6 Å². The summed E-state index contributed by atoms with van der Waals surface area (Å²) in [5.74, 6) is 2.05. The number of piperidine rings is 1. The molecule has 0 N–H and O–H groups in total. The van der Waals surface area contributed by atoms with E-state index >= 15 is 0 Å². The van der Waals surface area contributed by atoms with Gasteiger partial charge in [-0.15, -0.1) is 0 Å². The Hall–Kier alpha value is -2.37. The molecule has 1 amide bonds. The van der Waals surface area contributed by atoms with Crippen LogP contribution in [-0.4, -0.2) is 40.6 Å². The van der Waals surface area contributed by atoms with E-state index in [1.807, 2.05) is 42.3 Å². The van der Waals surface area contributed by atoms with E-state index in [4.69, 9.17) is 4.52 Å². The van der Waals surface area contributed by atoms with Gasteiger partial charge < -0.3 is 14.3 Å². The van der Waals surface area contributed by atoms with Crippen LogP contribution >= 0.6 is 0 Å². The van der Waals surface area contributed by atoms with E-state index in [0.717, 1.165) is 62.6 Å². The molecule has 0 spiro atoms. The summed E-state index contributed by atoms with van der Waals surface area (Å²) in [6.07, 6.45) is 5.77. The van der Waals surface area contributed by atoms with Gasteiger partial charge in [0.05, 0.1) is 12.0 Å². The molecule has 6 heteroatoms. The third kappa shape index (κ3) is 3.25. The highest BCUT2D eigenvalue weighted by molar-refractivity contribution is 5.80. The van der Waals surface area contributed by atoms with Crippen molar-refractivity contribution in [3.63, 3.8) is 0 Å². The van der Waals surface area contributed by atoms with Crippen LogP contribution in [-0.2, 0) is 4.79 Å². The second kappa shape index (κ2) is 6.86. The Balaban J connectivity index is 1.48. The Morgan fingerprint density at radius 1 is 1.24 bits per heavy atom. The molecular weight excluding hydrogens is 316 g/mol. The summed E-state index contributed by atoms with van der Waals surface area (Å²) in [5.41, 5.74) is 0.890. The maximum atomic E-state index is 13.2. The fraction of sp³-hybridized carbons (Fsp3) is 0.526. The predicted octanol–water partition coefficient (Wildman–Crippen LogP) is 2.96. The van der Waals surface area contributed by atoms with Gasteiger partial charge in [-0.1, -0.05) is 11.2 Å². The quantitative estimate of drug-likeness (QED) is 0.859. The van der Waals surface area contributed by atoms with Crippen molar-refractivity contribution < 1.29 is 9.32 Å². The molecule has 132 valence electrons. The Bertz CT molecular complexity index is 730. The van der Waals surface area contributed by atoms with Gasteiger partial charge in [-0.25, -0.2) is 4.98 Å². The number of carbonyl (C=O) groups excluding carboxylic acids is 1. The average molecular weight is 340 g/mol. The number of amides is 1. The van der Waals surface area contributed by atoms with E-state index in [1.165, 1.54) is 0 Å². The van der Waals surface area contributed by atoms with Crippen molar-refractivity contribution >= 4 is 11.7 Å². The van der Waals surface area contributed by atoms with Crippen LogP contribution in [0.5, 0.6) is 0 Å². The molecule has 2 aliphatic rings. The van der Waals surface area contributed by atoms with Gasteiger partial charge in [-0.3, -0.25) is 4.79 Å². The monoisotopic (exact) mass is 340 g/mol. The fourth-order valence-electron chi connectivity index (χ4n) is 4.04. The molecule has 0 radical (unpaired) electrons. The summed E-state index contributed by atoms with van der Waals surface area (Å²) in [6, 6.07) is 7.96. The van der Waals surface area contributed by atoms with Crippen molar-refractivity contribution in [2.24, 2.45) is 5.92 Å². The molecule has 0 bridgehead atoms. The van der Waals surface area contributed by atoms with Crippen LogP contribution in [0.4, 0.5) is 5.82 Å². The van der Waals surface area contributed by atoms with Crippen molar-refractivity contribution in [1.29, 1.82) is 0 Å². The summed E-state index contributed by atoms with van der Waals surface area (Å²) < 4.78 is 5.22. The Morgan fingerprint density at radius 2 is 2.12 bits per heavy atom. The Labute approximate surface area is 147 Å². The molecule has 0 aliphatic carbocycles. The number of hydrogen-bond donors (Lipinski definition) is 0. The molecular formula is C19H24N4O2. The number of pyridine rings is 1. The van der Waals surface area contributed by atoms with Gasteiger partial charge in [0.15, 0.2) is 0 Å². The third-order valence-corrected chi connectivity index (χ3v) is 5.27. The number of anilines is 1. The number of nitrogens with zero attached hydrogens (tertiary/aromatic N) is 4. The van der Waals surface area contributed by atoms with Crippen molar-refractivity contribution in [3.05, 3.63) is 41.9 Å². The largest absolute Gasteiger partial charge is 0.361 e. The lowest BCUT2D eigenvalue weighted by Gasteiger charge is -2.35. The highest BCUT2D eigenvalue weighted by atomic mass is 16.5. The van der Waals surface area contributed by atoms with Crippen molar-refractivity contribution in [1.82, 2.24) is 15.0 Å². The zero-order chi connectivity index (χ0) is 17.2. The molecule has 2 aromatic rings. The number of carbonyl (C=O) groups is 1. The third-order valence-electron chi connectivity index (χ3n) is 5.27. The molecule has 25 heavy (non-hydrogen) atoms. The van der Waals surface area contributed by atoms with Gasteiger partial charge in [0.25, 0.3) is 0 Å². The molecule has 2 aliphatic heterocycles. The van der Waals surface area contributed by atoms with E-state index in [9.17, 15) is 4.79 Å². The predicted molar refractivity (Wildman–Crippen MR) is 94.1 cm³/mol. The fourth-order valence-corrected chi connectivity index (χ4v) is 4.04. The molecule has 2 aromatic heterocycles. The van der Waals surface area contributed by atoms with Crippen LogP contribution in [0, 0.1) is 12.8 Å². The van der Waals surface area contributed by atoms with Gasteiger partial charge in [0.1, 0.15) is 17.3 Å². The molecule has 4 heterocycles. The van der Waals surface area contributed by atoms with E-state index in [0.29, 0.717) is 0 Å². The zero-order valence-electron chi connectivity index (χ0n) is 14.6. The lowest BCUT2D eigenvalue weighted by atomic mass is 9.96. The molecule has 4 rings (SSSR count). The summed E-state index contributed by atoms with van der Waals surface area (Å²) in [7, 11) is 0. The van der Waals surface area contributed by atoms with E-state index in [-0.39, 0.29) is 17.9 Å². The molecule has 2 saturated heterocycles. The molecule has 2 atom stereocenters. The zero-order valence-corrected chi connectivity index (χ0v) is 14.6. The Morgan fingerprint density at radius 3 is 2.88 bits per heavy atom. The summed E-state index contributed by atoms with van der Waals surface area (Å²) in [5, 5.41) is 4.15. The van der Waals surface area contributed by atoms with Gasteiger partial charge in [-0.05, 0) is 44.7 Å². The highest BCUT2D eigenvalue weighted by Crippen LogP contribution is 2.34. The summed E-state index contributed by atoms with van der Waals surface area (Å²) in [6.45, 7) is 4.42. The minimum Gasteiger partial charge on any atom is -0.361 e. The number of aromatic nitrogens is 2. The van der Waals surface area contributed by atoms with E-state index in [2.05, 4.69) is 15.0 Å². The van der Waals surface area contributed by atoms with Crippen LogP contribution in [0.3, 0.4) is 0 Å². The lowest BCUT2D eigenvalue weighted by Crippen LogP contribution is -2.45. The molecule has 6 nitrogen and oxygen atoms in total. The summed E-state index contributed by atoms with van der Waals surface area (Å²) in [4.78, 5) is 21.9. The number of aryl methyl sites for hydroxylation is 1. The van der Waals surface area contributed by atoms with Crippen molar-refractivity contribution in [2.75, 3.05) is 24.5 Å². The first kappa shape index (κ1) is 16.1. The van der Waals surface area contributed by atoms with Crippen LogP contribution in [0.2, 0.25) is 0 Å². The van der Waals surface area contributed by atoms with Crippen molar-refractivity contribution in [3.8, 4) is 0 Å². The van der Waals surface area contributed by atoms with Crippen LogP contribution < -0.4 is 4.90 Å². The smallest absolute Gasteiger partial charge is 0.228 e. The minimum absolute atomic E-state index is 0.0318.